The average Bonchev–Trinajstić information content (AvgIpc) is 2.96. The van der Waals surface area contributed by atoms with Crippen LogP contribution in [0.25, 0.3) is 0 Å². The minimum atomic E-state index is -0.321. The van der Waals surface area contributed by atoms with E-state index in [4.69, 9.17) is 0 Å². The third kappa shape index (κ3) is 5.30. The van der Waals surface area contributed by atoms with E-state index in [1.54, 1.807) is 24.7 Å². The van der Waals surface area contributed by atoms with Crippen LogP contribution in [0.3, 0.4) is 0 Å². The van der Waals surface area contributed by atoms with Gasteiger partial charge in [-0.1, -0.05) is 6.07 Å². The average molecular weight is 354 g/mol. The Labute approximate surface area is 131 Å². The third-order valence-electron chi connectivity index (χ3n) is 3.07. The number of unbranched alkanes of at least 4 members (excludes halogenated alkanes) is 1. The van der Waals surface area contributed by atoms with Gasteiger partial charge in [0.2, 0.25) is 5.91 Å². The summed E-state index contributed by atoms with van der Waals surface area (Å²) < 4.78 is 15.5. The van der Waals surface area contributed by atoms with Crippen LogP contribution >= 0.6 is 15.9 Å². The van der Waals surface area contributed by atoms with Crippen LogP contribution < -0.4 is 5.32 Å². The van der Waals surface area contributed by atoms with Crippen LogP contribution in [0.5, 0.6) is 0 Å². The molecule has 0 saturated heterocycles. The Kier molecular flexibility index (Phi) is 5.92. The van der Waals surface area contributed by atoms with Gasteiger partial charge < -0.3 is 9.88 Å². The van der Waals surface area contributed by atoms with Crippen molar-refractivity contribution in [3.63, 3.8) is 0 Å². The van der Waals surface area contributed by atoms with E-state index in [1.165, 1.54) is 6.07 Å². The first kappa shape index (κ1) is 15.7. The minimum absolute atomic E-state index is 0.0452. The van der Waals surface area contributed by atoms with Crippen LogP contribution in [0.1, 0.15) is 18.4 Å². The van der Waals surface area contributed by atoms with Gasteiger partial charge in [0, 0.05) is 25.5 Å². The molecule has 0 bridgehead atoms. The van der Waals surface area contributed by atoms with Crippen molar-refractivity contribution in [1.82, 2.24) is 14.9 Å². The summed E-state index contributed by atoms with van der Waals surface area (Å²) in [4.78, 5) is 15.7. The van der Waals surface area contributed by atoms with Gasteiger partial charge in [-0.25, -0.2) is 9.37 Å². The third-order valence-corrected chi connectivity index (χ3v) is 3.68. The lowest BCUT2D eigenvalue weighted by molar-refractivity contribution is -0.120. The zero-order valence-corrected chi connectivity index (χ0v) is 13.1. The smallest absolute Gasteiger partial charge is 0.224 e. The normalized spacial score (nSPS) is 10.6. The number of hydrogen-bond acceptors (Lipinski definition) is 2. The van der Waals surface area contributed by atoms with Gasteiger partial charge in [-0.05, 0) is 46.5 Å². The Morgan fingerprint density at radius 3 is 2.95 bits per heavy atom. The number of carbonyl (C=O) groups excluding carboxylic acids is 1. The van der Waals surface area contributed by atoms with Gasteiger partial charge in [-0.3, -0.25) is 4.79 Å². The van der Waals surface area contributed by atoms with E-state index >= 15 is 0 Å². The van der Waals surface area contributed by atoms with Gasteiger partial charge in [-0.2, -0.15) is 0 Å². The fourth-order valence-electron chi connectivity index (χ4n) is 1.96. The van der Waals surface area contributed by atoms with Gasteiger partial charge in [0.1, 0.15) is 5.82 Å². The van der Waals surface area contributed by atoms with E-state index in [1.807, 2.05) is 10.8 Å². The first-order chi connectivity index (χ1) is 10.1. The molecule has 1 amide bonds. The summed E-state index contributed by atoms with van der Waals surface area (Å²) in [6, 6.07) is 4.62. The molecule has 0 saturated carbocycles. The first-order valence-electron chi connectivity index (χ1n) is 6.81. The van der Waals surface area contributed by atoms with E-state index in [9.17, 15) is 9.18 Å². The van der Waals surface area contributed by atoms with Crippen LogP contribution in [0.15, 0.2) is 41.4 Å². The highest BCUT2D eigenvalue weighted by atomic mass is 79.9. The molecular weight excluding hydrogens is 337 g/mol. The van der Waals surface area contributed by atoms with E-state index < -0.39 is 0 Å². The minimum Gasteiger partial charge on any atom is -0.356 e. The molecule has 21 heavy (non-hydrogen) atoms. The highest BCUT2D eigenvalue weighted by Gasteiger charge is 2.05. The molecule has 112 valence electrons. The number of rotatable bonds is 7. The number of benzene rings is 1. The lowest BCUT2D eigenvalue weighted by atomic mass is 10.1. The second kappa shape index (κ2) is 7.93. The monoisotopic (exact) mass is 353 g/mol. The Balaban J connectivity index is 1.64. The topological polar surface area (TPSA) is 46.9 Å². The molecule has 6 heteroatoms. The molecule has 0 aliphatic heterocycles. The molecule has 1 heterocycles. The summed E-state index contributed by atoms with van der Waals surface area (Å²) in [6.45, 7) is 1.55. The van der Waals surface area contributed by atoms with Gasteiger partial charge in [0.15, 0.2) is 0 Å². The van der Waals surface area contributed by atoms with Gasteiger partial charge in [-0.15, -0.1) is 0 Å². The maximum atomic E-state index is 13.1. The lowest BCUT2D eigenvalue weighted by Gasteiger charge is -2.06. The van der Waals surface area contributed by atoms with E-state index in [0.29, 0.717) is 11.0 Å². The Bertz CT molecular complexity index is 587. The van der Waals surface area contributed by atoms with Crippen molar-refractivity contribution in [2.75, 3.05) is 6.54 Å². The standard InChI is InChI=1S/C15H17BrFN3O/c16-13-9-12(3-4-14(13)17)10-15(21)19-5-1-2-7-20-8-6-18-11-20/h3-4,6,8-9,11H,1-2,5,7,10H2,(H,19,21). The van der Waals surface area contributed by atoms with E-state index in [2.05, 4.69) is 26.2 Å². The number of aromatic nitrogens is 2. The van der Waals surface area contributed by atoms with Crippen LogP contribution in [-0.2, 0) is 17.8 Å². The van der Waals surface area contributed by atoms with E-state index in [0.717, 1.165) is 24.9 Å². The number of nitrogens with zero attached hydrogens (tertiary/aromatic N) is 2. The zero-order chi connectivity index (χ0) is 15.1. The fraction of sp³-hybridized carbons (Fsp3) is 0.333. The number of nitrogens with one attached hydrogen (secondary N) is 1. The molecule has 0 aliphatic carbocycles. The van der Waals surface area contributed by atoms with Crippen molar-refractivity contribution in [2.45, 2.75) is 25.8 Å². The number of imidazole rings is 1. The molecule has 0 unspecified atom stereocenters. The quantitative estimate of drug-likeness (QED) is 0.778. The molecule has 0 radical (unpaired) electrons. The SMILES string of the molecule is O=C(Cc1ccc(F)c(Br)c1)NCCCCn1ccnc1. The van der Waals surface area contributed by atoms with Crippen LogP contribution in [0, 0.1) is 5.82 Å². The predicted octanol–water partition coefficient (Wildman–Crippen LogP) is 2.92. The largest absolute Gasteiger partial charge is 0.356 e. The van der Waals surface area contributed by atoms with Crippen molar-refractivity contribution >= 4 is 21.8 Å². The molecule has 1 aromatic carbocycles. The summed E-state index contributed by atoms with van der Waals surface area (Å²) >= 11 is 3.11. The Morgan fingerprint density at radius 1 is 1.38 bits per heavy atom. The van der Waals surface area contributed by atoms with Gasteiger partial charge >= 0.3 is 0 Å². The molecule has 0 fully saturated rings. The Morgan fingerprint density at radius 2 is 2.24 bits per heavy atom. The molecular formula is C15H17BrFN3O. The van der Waals surface area contributed by atoms with Crippen molar-refractivity contribution in [3.05, 3.63) is 52.8 Å². The summed E-state index contributed by atoms with van der Waals surface area (Å²) in [5.41, 5.74) is 0.791. The summed E-state index contributed by atoms with van der Waals surface area (Å²) in [7, 11) is 0. The van der Waals surface area contributed by atoms with Crippen molar-refractivity contribution in [1.29, 1.82) is 0 Å². The summed E-state index contributed by atoms with van der Waals surface area (Å²) in [6.07, 6.45) is 7.62. The number of carbonyl (C=O) groups is 1. The Hall–Kier alpha value is -1.69. The molecule has 0 spiro atoms. The van der Waals surface area contributed by atoms with Crippen LogP contribution in [0.4, 0.5) is 4.39 Å². The van der Waals surface area contributed by atoms with Crippen LogP contribution in [0.2, 0.25) is 0 Å². The van der Waals surface area contributed by atoms with Gasteiger partial charge in [0.05, 0.1) is 17.2 Å². The second-order valence-electron chi connectivity index (χ2n) is 4.78. The van der Waals surface area contributed by atoms with Gasteiger partial charge in [0.25, 0.3) is 0 Å². The second-order valence-corrected chi connectivity index (χ2v) is 5.64. The molecule has 2 aromatic rings. The maximum absolute atomic E-state index is 13.1. The number of halogens is 2. The summed E-state index contributed by atoms with van der Waals surface area (Å²) in [5, 5.41) is 2.87. The fourth-order valence-corrected chi connectivity index (χ4v) is 2.39. The highest BCUT2D eigenvalue weighted by Crippen LogP contribution is 2.17. The molecule has 1 N–H and O–H groups in total. The van der Waals surface area contributed by atoms with Crippen molar-refractivity contribution in [2.24, 2.45) is 0 Å². The van der Waals surface area contributed by atoms with Crippen molar-refractivity contribution < 1.29 is 9.18 Å². The zero-order valence-electron chi connectivity index (χ0n) is 11.6. The number of hydrogen-bond donors (Lipinski definition) is 1. The first-order valence-corrected chi connectivity index (χ1v) is 7.61. The highest BCUT2D eigenvalue weighted by molar-refractivity contribution is 9.10. The molecule has 0 aliphatic rings. The molecule has 4 nitrogen and oxygen atoms in total. The lowest BCUT2D eigenvalue weighted by Crippen LogP contribution is -2.26. The maximum Gasteiger partial charge on any atom is 0.224 e. The molecule has 0 atom stereocenters. The number of amides is 1. The van der Waals surface area contributed by atoms with Crippen LogP contribution in [-0.4, -0.2) is 22.0 Å². The van der Waals surface area contributed by atoms with Crippen molar-refractivity contribution in [3.8, 4) is 0 Å². The molecule has 1 aromatic heterocycles. The molecule has 2 rings (SSSR count). The number of aryl methyl sites for hydroxylation is 1. The summed E-state index contributed by atoms with van der Waals surface area (Å²) in [5.74, 6) is -0.366. The van der Waals surface area contributed by atoms with E-state index in [-0.39, 0.29) is 18.1 Å². The predicted molar refractivity (Wildman–Crippen MR) is 82.3 cm³/mol.